The predicted molar refractivity (Wildman–Crippen MR) is 151 cm³/mol. The van der Waals surface area contributed by atoms with Crippen LogP contribution in [0.4, 0.5) is 4.79 Å². The summed E-state index contributed by atoms with van der Waals surface area (Å²) in [5.74, 6) is 1.11. The first-order chi connectivity index (χ1) is 17.7. The Morgan fingerprint density at radius 1 is 0.838 bits per heavy atom. The second kappa shape index (κ2) is 13.0. The second-order valence-electron chi connectivity index (χ2n) is 10.0. The summed E-state index contributed by atoms with van der Waals surface area (Å²) in [7, 11) is 1.67. The van der Waals surface area contributed by atoms with Crippen LogP contribution in [0.25, 0.3) is 11.1 Å². The van der Waals surface area contributed by atoms with E-state index in [9.17, 15) is 9.90 Å². The van der Waals surface area contributed by atoms with Crippen molar-refractivity contribution in [2.75, 3.05) is 20.2 Å². The molecule has 0 aliphatic carbocycles. The Balaban J connectivity index is 0.000000266. The van der Waals surface area contributed by atoms with Gasteiger partial charge in [-0.05, 0) is 92.1 Å². The fourth-order valence-electron chi connectivity index (χ4n) is 4.29. The van der Waals surface area contributed by atoms with Crippen molar-refractivity contribution in [3.8, 4) is 11.5 Å². The molecule has 1 amide bonds. The maximum Gasteiger partial charge on any atom is 0.410 e. The van der Waals surface area contributed by atoms with E-state index < -0.39 is 0 Å². The van der Waals surface area contributed by atoms with Crippen LogP contribution in [-0.4, -0.2) is 41.9 Å². The van der Waals surface area contributed by atoms with Gasteiger partial charge in [-0.3, -0.25) is 0 Å². The van der Waals surface area contributed by atoms with Crippen molar-refractivity contribution in [3.05, 3.63) is 95.6 Å². The van der Waals surface area contributed by atoms with Crippen LogP contribution < -0.4 is 4.74 Å². The average Bonchev–Trinajstić information content (AvgIpc) is 3.44. The molecule has 4 rings (SSSR count). The summed E-state index contributed by atoms with van der Waals surface area (Å²) in [5, 5.41) is 9.66. The minimum absolute atomic E-state index is 0.167. The molecular formula is C32H39NO4. The lowest BCUT2D eigenvalue weighted by Crippen LogP contribution is -2.34. The number of hydrogen-bond acceptors (Lipinski definition) is 4. The molecule has 0 bridgehead atoms. The van der Waals surface area contributed by atoms with Gasteiger partial charge in [-0.1, -0.05) is 61.5 Å². The summed E-state index contributed by atoms with van der Waals surface area (Å²) in [6.07, 6.45) is 2.96. The smallest absolute Gasteiger partial charge is 0.410 e. The fraction of sp³-hybridized carbons (Fsp3) is 0.344. The molecule has 37 heavy (non-hydrogen) atoms. The van der Waals surface area contributed by atoms with E-state index in [0.29, 0.717) is 0 Å². The van der Waals surface area contributed by atoms with E-state index >= 15 is 0 Å². The standard InChI is InChI=1S/C23H22O2.C9H17NO2/c1-3-22(17-7-5-4-6-8-17)23(18-9-13-20(24)14-10-18)19-11-15-21(25-2)16-12-19;1-9(2,3)12-8(11)10-6-4-5-7-10/h4-16,24H,3H2,1-2H3;4-7H2,1-3H3/b23-22-;. The highest BCUT2D eigenvalue weighted by molar-refractivity contribution is 5.98. The fourth-order valence-corrected chi connectivity index (χ4v) is 4.29. The van der Waals surface area contributed by atoms with Gasteiger partial charge in [0.05, 0.1) is 7.11 Å². The molecule has 0 saturated carbocycles. The summed E-state index contributed by atoms with van der Waals surface area (Å²) in [6.45, 7) is 9.55. The van der Waals surface area contributed by atoms with Gasteiger partial charge >= 0.3 is 6.09 Å². The lowest BCUT2D eigenvalue weighted by molar-refractivity contribution is 0.0295. The molecule has 0 spiro atoms. The normalized spacial score (nSPS) is 13.8. The van der Waals surface area contributed by atoms with E-state index in [2.05, 4.69) is 43.3 Å². The number of methoxy groups -OCH3 is 1. The third-order valence-corrected chi connectivity index (χ3v) is 6.07. The number of phenols is 1. The van der Waals surface area contributed by atoms with E-state index in [4.69, 9.17) is 9.47 Å². The van der Waals surface area contributed by atoms with E-state index in [1.165, 1.54) is 16.7 Å². The molecule has 5 nitrogen and oxygen atoms in total. The molecule has 3 aromatic carbocycles. The van der Waals surface area contributed by atoms with Crippen LogP contribution >= 0.6 is 0 Å². The number of rotatable bonds is 5. The maximum absolute atomic E-state index is 11.4. The number of allylic oxidation sites excluding steroid dienone is 1. The number of nitrogens with zero attached hydrogens (tertiary/aromatic N) is 1. The number of aromatic hydroxyl groups is 1. The van der Waals surface area contributed by atoms with Crippen molar-refractivity contribution >= 4 is 17.2 Å². The Kier molecular flexibility index (Phi) is 9.78. The van der Waals surface area contributed by atoms with Crippen molar-refractivity contribution in [2.45, 2.75) is 52.6 Å². The molecular weight excluding hydrogens is 462 g/mol. The van der Waals surface area contributed by atoms with Crippen molar-refractivity contribution in [1.29, 1.82) is 0 Å². The van der Waals surface area contributed by atoms with Crippen LogP contribution in [0.1, 0.15) is 63.6 Å². The molecule has 1 aliphatic rings. The highest BCUT2D eigenvalue weighted by atomic mass is 16.6. The molecule has 1 N–H and O–H groups in total. The first-order valence-electron chi connectivity index (χ1n) is 12.9. The lowest BCUT2D eigenvalue weighted by atomic mass is 9.88. The Morgan fingerprint density at radius 2 is 1.38 bits per heavy atom. The first kappa shape index (κ1) is 27.9. The third-order valence-electron chi connectivity index (χ3n) is 6.07. The van der Waals surface area contributed by atoms with Crippen LogP contribution in [0.5, 0.6) is 11.5 Å². The van der Waals surface area contributed by atoms with Gasteiger partial charge < -0.3 is 19.5 Å². The van der Waals surface area contributed by atoms with Crippen LogP contribution in [0.15, 0.2) is 78.9 Å². The second-order valence-corrected chi connectivity index (χ2v) is 10.0. The van der Waals surface area contributed by atoms with Crippen molar-refractivity contribution in [3.63, 3.8) is 0 Å². The highest BCUT2D eigenvalue weighted by Crippen LogP contribution is 2.35. The molecule has 1 heterocycles. The Hall–Kier alpha value is -3.73. The Bertz CT molecular complexity index is 1150. The van der Waals surface area contributed by atoms with Gasteiger partial charge in [-0.2, -0.15) is 0 Å². The number of carbonyl (C=O) groups excluding carboxylic acids is 1. The van der Waals surface area contributed by atoms with Crippen LogP contribution in [0.2, 0.25) is 0 Å². The molecule has 0 radical (unpaired) electrons. The van der Waals surface area contributed by atoms with Crippen molar-refractivity contribution in [2.24, 2.45) is 0 Å². The number of benzene rings is 3. The Labute approximate surface area is 221 Å². The molecule has 1 saturated heterocycles. The molecule has 3 aromatic rings. The minimum atomic E-state index is -0.361. The molecule has 1 fully saturated rings. The number of hydrogen-bond donors (Lipinski definition) is 1. The van der Waals surface area contributed by atoms with Gasteiger partial charge in [0.2, 0.25) is 0 Å². The van der Waals surface area contributed by atoms with Gasteiger partial charge in [0, 0.05) is 13.1 Å². The van der Waals surface area contributed by atoms with E-state index in [-0.39, 0.29) is 17.4 Å². The minimum Gasteiger partial charge on any atom is -0.508 e. The molecule has 0 unspecified atom stereocenters. The average molecular weight is 502 g/mol. The van der Waals surface area contributed by atoms with Crippen LogP contribution in [-0.2, 0) is 4.74 Å². The summed E-state index contributed by atoms with van der Waals surface area (Å²) >= 11 is 0. The predicted octanol–water partition coefficient (Wildman–Crippen LogP) is 7.79. The molecule has 1 aliphatic heterocycles. The largest absolute Gasteiger partial charge is 0.508 e. The van der Waals surface area contributed by atoms with Gasteiger partial charge in [0.1, 0.15) is 17.1 Å². The van der Waals surface area contributed by atoms with Crippen molar-refractivity contribution < 1.29 is 19.4 Å². The van der Waals surface area contributed by atoms with Gasteiger partial charge in [0.25, 0.3) is 0 Å². The number of amides is 1. The van der Waals surface area contributed by atoms with Crippen LogP contribution in [0.3, 0.4) is 0 Å². The van der Waals surface area contributed by atoms with E-state index in [0.717, 1.165) is 49.2 Å². The zero-order chi connectivity index (χ0) is 26.8. The highest BCUT2D eigenvalue weighted by Gasteiger charge is 2.24. The monoisotopic (exact) mass is 501 g/mol. The third kappa shape index (κ3) is 8.14. The molecule has 196 valence electrons. The van der Waals surface area contributed by atoms with Crippen molar-refractivity contribution in [1.82, 2.24) is 4.90 Å². The Morgan fingerprint density at radius 3 is 1.86 bits per heavy atom. The zero-order valence-electron chi connectivity index (χ0n) is 22.7. The molecule has 0 aromatic heterocycles. The summed E-state index contributed by atoms with van der Waals surface area (Å²) in [5.41, 5.74) is 5.52. The van der Waals surface area contributed by atoms with Crippen LogP contribution in [0, 0.1) is 0 Å². The number of likely N-dealkylation sites (tertiary alicyclic amines) is 1. The summed E-state index contributed by atoms with van der Waals surface area (Å²) in [6, 6.07) is 26.0. The first-order valence-corrected chi connectivity index (χ1v) is 12.9. The van der Waals surface area contributed by atoms with E-state index in [1.807, 2.05) is 51.1 Å². The number of phenolic OH excluding ortho intramolecular Hbond substituents is 1. The number of carbonyl (C=O) groups is 1. The maximum atomic E-state index is 11.4. The topological polar surface area (TPSA) is 59.0 Å². The zero-order valence-corrected chi connectivity index (χ0v) is 22.7. The lowest BCUT2D eigenvalue weighted by Gasteiger charge is -2.23. The van der Waals surface area contributed by atoms with Gasteiger partial charge in [0.15, 0.2) is 0 Å². The van der Waals surface area contributed by atoms with Gasteiger partial charge in [-0.25, -0.2) is 4.79 Å². The number of ether oxygens (including phenoxy) is 2. The van der Waals surface area contributed by atoms with E-state index in [1.54, 1.807) is 24.1 Å². The van der Waals surface area contributed by atoms with Gasteiger partial charge in [-0.15, -0.1) is 0 Å². The summed E-state index contributed by atoms with van der Waals surface area (Å²) < 4.78 is 10.5. The molecule has 0 atom stereocenters. The molecule has 5 heteroatoms. The quantitative estimate of drug-likeness (QED) is 0.363. The summed E-state index contributed by atoms with van der Waals surface area (Å²) in [4.78, 5) is 13.1. The SMILES string of the molecule is CC(C)(C)OC(=O)N1CCCC1.CC/C(=C(\c1ccc(O)cc1)c1ccc(OC)cc1)c1ccccc1.